The first-order valence-electron chi connectivity index (χ1n) is 5.83. The van der Waals surface area contributed by atoms with Gasteiger partial charge in [0.1, 0.15) is 0 Å². The summed E-state index contributed by atoms with van der Waals surface area (Å²) < 4.78 is 0. The average Bonchev–Trinajstić information content (AvgIpc) is 2.30. The standard InChI is InChI=1S/C13H21N3/c1-4-10-15-13(14)16(5-2)12-9-7-6-8-11(12)3/h6-9H,4-5,10H2,1-3H3,(H2,14,15). The highest BCUT2D eigenvalue weighted by Crippen LogP contribution is 2.18. The van der Waals surface area contributed by atoms with E-state index >= 15 is 0 Å². The van der Waals surface area contributed by atoms with Gasteiger partial charge in [0.25, 0.3) is 0 Å². The Morgan fingerprint density at radius 1 is 1.31 bits per heavy atom. The summed E-state index contributed by atoms with van der Waals surface area (Å²) in [5, 5.41) is 0. The maximum atomic E-state index is 5.99. The largest absolute Gasteiger partial charge is 0.370 e. The Balaban J connectivity index is 2.94. The number of hydrogen-bond donors (Lipinski definition) is 1. The number of anilines is 1. The van der Waals surface area contributed by atoms with Gasteiger partial charge in [-0.05, 0) is 31.9 Å². The summed E-state index contributed by atoms with van der Waals surface area (Å²) in [6.07, 6.45) is 1.02. The van der Waals surface area contributed by atoms with Crippen molar-refractivity contribution in [2.45, 2.75) is 27.2 Å². The molecule has 3 nitrogen and oxygen atoms in total. The lowest BCUT2D eigenvalue weighted by molar-refractivity contribution is 0.913. The number of benzene rings is 1. The molecule has 0 saturated carbocycles. The van der Waals surface area contributed by atoms with Crippen LogP contribution in [-0.4, -0.2) is 19.0 Å². The van der Waals surface area contributed by atoms with Crippen molar-refractivity contribution in [3.8, 4) is 0 Å². The third-order valence-electron chi connectivity index (χ3n) is 2.50. The molecule has 0 amide bonds. The molecule has 0 bridgehead atoms. The topological polar surface area (TPSA) is 41.6 Å². The van der Waals surface area contributed by atoms with Gasteiger partial charge < -0.3 is 10.6 Å². The molecule has 88 valence electrons. The third-order valence-corrected chi connectivity index (χ3v) is 2.50. The second-order valence-corrected chi connectivity index (χ2v) is 3.77. The Morgan fingerprint density at radius 2 is 2.00 bits per heavy atom. The number of nitrogens with two attached hydrogens (primary N) is 1. The quantitative estimate of drug-likeness (QED) is 0.624. The van der Waals surface area contributed by atoms with Crippen LogP contribution in [0.2, 0.25) is 0 Å². The van der Waals surface area contributed by atoms with Gasteiger partial charge in [0, 0.05) is 18.8 Å². The predicted molar refractivity (Wildman–Crippen MR) is 71.0 cm³/mol. The number of nitrogens with zero attached hydrogens (tertiary/aromatic N) is 2. The summed E-state index contributed by atoms with van der Waals surface area (Å²) in [6, 6.07) is 8.22. The lowest BCUT2D eigenvalue weighted by Gasteiger charge is -2.23. The van der Waals surface area contributed by atoms with E-state index in [4.69, 9.17) is 5.73 Å². The molecule has 0 fully saturated rings. The zero-order chi connectivity index (χ0) is 12.0. The highest BCUT2D eigenvalue weighted by Gasteiger charge is 2.09. The molecule has 0 saturated heterocycles. The fraction of sp³-hybridized carbons (Fsp3) is 0.462. The minimum absolute atomic E-state index is 0.610. The summed E-state index contributed by atoms with van der Waals surface area (Å²) in [5.74, 6) is 0.610. The first-order chi connectivity index (χ1) is 7.70. The van der Waals surface area contributed by atoms with E-state index in [1.54, 1.807) is 0 Å². The van der Waals surface area contributed by atoms with Gasteiger partial charge in [-0.1, -0.05) is 25.1 Å². The van der Waals surface area contributed by atoms with Crippen LogP contribution in [0.15, 0.2) is 29.3 Å². The number of aryl methyl sites for hydroxylation is 1. The lowest BCUT2D eigenvalue weighted by atomic mass is 10.2. The van der Waals surface area contributed by atoms with Crippen molar-refractivity contribution in [1.29, 1.82) is 0 Å². The van der Waals surface area contributed by atoms with Crippen molar-refractivity contribution in [3.63, 3.8) is 0 Å². The van der Waals surface area contributed by atoms with Crippen LogP contribution in [0.3, 0.4) is 0 Å². The zero-order valence-electron chi connectivity index (χ0n) is 10.4. The highest BCUT2D eigenvalue weighted by molar-refractivity contribution is 5.95. The maximum Gasteiger partial charge on any atom is 0.195 e. The van der Waals surface area contributed by atoms with E-state index in [1.165, 1.54) is 5.56 Å². The summed E-state index contributed by atoms with van der Waals surface area (Å²) in [5.41, 5.74) is 8.35. The van der Waals surface area contributed by atoms with Gasteiger partial charge in [-0.15, -0.1) is 0 Å². The predicted octanol–water partition coefficient (Wildman–Crippen LogP) is 2.55. The molecular formula is C13H21N3. The minimum atomic E-state index is 0.610. The van der Waals surface area contributed by atoms with Gasteiger partial charge in [0.2, 0.25) is 0 Å². The minimum Gasteiger partial charge on any atom is -0.370 e. The zero-order valence-corrected chi connectivity index (χ0v) is 10.4. The molecular weight excluding hydrogens is 198 g/mol. The van der Waals surface area contributed by atoms with E-state index in [0.717, 1.165) is 25.2 Å². The third kappa shape index (κ3) is 2.99. The molecule has 3 heteroatoms. The van der Waals surface area contributed by atoms with Gasteiger partial charge >= 0.3 is 0 Å². The average molecular weight is 219 g/mol. The Kier molecular flexibility index (Phi) is 4.83. The molecule has 0 aliphatic heterocycles. The molecule has 1 aromatic carbocycles. The first kappa shape index (κ1) is 12.6. The molecule has 16 heavy (non-hydrogen) atoms. The van der Waals surface area contributed by atoms with Crippen molar-refractivity contribution in [1.82, 2.24) is 0 Å². The molecule has 0 heterocycles. The Hall–Kier alpha value is -1.51. The number of para-hydroxylation sites is 1. The first-order valence-corrected chi connectivity index (χ1v) is 5.83. The monoisotopic (exact) mass is 219 g/mol. The van der Waals surface area contributed by atoms with Crippen molar-refractivity contribution in [2.75, 3.05) is 18.0 Å². The van der Waals surface area contributed by atoms with Crippen molar-refractivity contribution in [2.24, 2.45) is 10.7 Å². The van der Waals surface area contributed by atoms with E-state index < -0.39 is 0 Å². The Morgan fingerprint density at radius 3 is 2.56 bits per heavy atom. The van der Waals surface area contributed by atoms with Gasteiger partial charge in [-0.25, -0.2) is 0 Å². The van der Waals surface area contributed by atoms with E-state index in [2.05, 4.69) is 37.9 Å². The Labute approximate surface area is 98.0 Å². The summed E-state index contributed by atoms with van der Waals surface area (Å²) in [4.78, 5) is 6.40. The molecule has 0 atom stereocenters. The normalized spacial score (nSPS) is 11.6. The van der Waals surface area contributed by atoms with E-state index in [9.17, 15) is 0 Å². The van der Waals surface area contributed by atoms with Crippen LogP contribution in [0.25, 0.3) is 0 Å². The molecule has 0 unspecified atom stereocenters. The maximum absolute atomic E-state index is 5.99. The fourth-order valence-corrected chi connectivity index (χ4v) is 1.63. The van der Waals surface area contributed by atoms with E-state index in [0.29, 0.717) is 5.96 Å². The fourth-order valence-electron chi connectivity index (χ4n) is 1.63. The number of guanidine groups is 1. The van der Waals surface area contributed by atoms with Gasteiger partial charge in [0.15, 0.2) is 5.96 Å². The van der Waals surface area contributed by atoms with Gasteiger partial charge in [-0.3, -0.25) is 4.99 Å². The van der Waals surface area contributed by atoms with Crippen LogP contribution in [0, 0.1) is 6.92 Å². The summed E-state index contributed by atoms with van der Waals surface area (Å²) in [6.45, 7) is 7.89. The van der Waals surface area contributed by atoms with Crippen LogP contribution in [0.1, 0.15) is 25.8 Å². The van der Waals surface area contributed by atoms with Crippen LogP contribution in [-0.2, 0) is 0 Å². The molecule has 0 aliphatic carbocycles. The van der Waals surface area contributed by atoms with Crippen molar-refractivity contribution >= 4 is 11.6 Å². The van der Waals surface area contributed by atoms with Gasteiger partial charge in [0.05, 0.1) is 0 Å². The van der Waals surface area contributed by atoms with Crippen LogP contribution < -0.4 is 10.6 Å². The molecule has 1 aromatic rings. The molecule has 0 aliphatic rings. The number of rotatable bonds is 4. The SMILES string of the molecule is CCCN=C(N)N(CC)c1ccccc1C. The number of aliphatic imine (C=N–C) groups is 1. The van der Waals surface area contributed by atoms with Crippen LogP contribution in [0.5, 0.6) is 0 Å². The second-order valence-electron chi connectivity index (χ2n) is 3.77. The highest BCUT2D eigenvalue weighted by atomic mass is 15.3. The second kappa shape index (κ2) is 6.16. The summed E-state index contributed by atoms with van der Waals surface area (Å²) in [7, 11) is 0. The van der Waals surface area contributed by atoms with Crippen LogP contribution in [0.4, 0.5) is 5.69 Å². The number of hydrogen-bond acceptors (Lipinski definition) is 1. The van der Waals surface area contributed by atoms with E-state index in [-0.39, 0.29) is 0 Å². The molecule has 2 N–H and O–H groups in total. The molecule has 1 rings (SSSR count). The smallest absolute Gasteiger partial charge is 0.195 e. The molecule has 0 spiro atoms. The molecule has 0 radical (unpaired) electrons. The van der Waals surface area contributed by atoms with Crippen molar-refractivity contribution in [3.05, 3.63) is 29.8 Å². The lowest BCUT2D eigenvalue weighted by Crippen LogP contribution is -2.37. The van der Waals surface area contributed by atoms with Crippen LogP contribution >= 0.6 is 0 Å². The van der Waals surface area contributed by atoms with Gasteiger partial charge in [-0.2, -0.15) is 0 Å². The van der Waals surface area contributed by atoms with Crippen molar-refractivity contribution < 1.29 is 0 Å². The van der Waals surface area contributed by atoms with E-state index in [1.807, 2.05) is 17.0 Å². The molecule has 0 aromatic heterocycles. The summed E-state index contributed by atoms with van der Waals surface area (Å²) >= 11 is 0. The Bertz CT molecular complexity index is 358.